The van der Waals surface area contributed by atoms with Gasteiger partial charge in [0.2, 0.25) is 0 Å². The highest BCUT2D eigenvalue weighted by atomic mass is 14.9. The number of hydrogen-bond donors (Lipinski definition) is 2. The van der Waals surface area contributed by atoms with Crippen LogP contribution in [0.4, 0.5) is 0 Å². The van der Waals surface area contributed by atoms with E-state index in [1.807, 2.05) is 0 Å². The zero-order valence-electron chi connectivity index (χ0n) is 11.6. The van der Waals surface area contributed by atoms with E-state index in [2.05, 4.69) is 5.32 Å². The molecule has 17 heavy (non-hydrogen) atoms. The molecule has 1 aliphatic carbocycles. The fourth-order valence-electron chi connectivity index (χ4n) is 2.77. The average molecular weight is 240 g/mol. The molecule has 0 saturated heterocycles. The zero-order valence-corrected chi connectivity index (χ0v) is 11.6. The fourth-order valence-corrected chi connectivity index (χ4v) is 2.77. The maximum absolute atomic E-state index is 5.47. The van der Waals surface area contributed by atoms with Crippen molar-refractivity contribution in [3.63, 3.8) is 0 Å². The van der Waals surface area contributed by atoms with Crippen LogP contribution in [0.25, 0.3) is 0 Å². The Morgan fingerprint density at radius 2 is 1.35 bits per heavy atom. The Labute approximate surface area is 108 Å². The predicted octanol–water partition coefficient (Wildman–Crippen LogP) is 3.60. The molecular formula is C15H32N2. The molecule has 0 radical (unpaired) electrons. The molecule has 0 aromatic rings. The van der Waals surface area contributed by atoms with E-state index in [0.29, 0.717) is 0 Å². The first-order chi connectivity index (χ1) is 8.43. The lowest BCUT2D eigenvalue weighted by Gasteiger charge is -2.22. The Morgan fingerprint density at radius 3 is 2.00 bits per heavy atom. The van der Waals surface area contributed by atoms with Crippen LogP contribution in [0.1, 0.15) is 77.0 Å². The summed E-state index contributed by atoms with van der Waals surface area (Å²) in [5.41, 5.74) is 5.47. The maximum Gasteiger partial charge on any atom is 0.00670 e. The van der Waals surface area contributed by atoms with Crippen molar-refractivity contribution in [3.05, 3.63) is 0 Å². The molecule has 2 heteroatoms. The van der Waals surface area contributed by atoms with Crippen molar-refractivity contribution >= 4 is 0 Å². The van der Waals surface area contributed by atoms with E-state index in [0.717, 1.165) is 12.6 Å². The summed E-state index contributed by atoms with van der Waals surface area (Å²) in [6.07, 6.45) is 16.7. The summed E-state index contributed by atoms with van der Waals surface area (Å²) in [6.45, 7) is 2.11. The Hall–Kier alpha value is -0.0800. The van der Waals surface area contributed by atoms with Crippen LogP contribution in [0.5, 0.6) is 0 Å². The van der Waals surface area contributed by atoms with Crippen LogP contribution in [0.3, 0.4) is 0 Å². The van der Waals surface area contributed by atoms with Crippen LogP contribution in [-0.2, 0) is 0 Å². The highest BCUT2D eigenvalue weighted by Gasteiger charge is 2.11. The Kier molecular flexibility index (Phi) is 9.72. The number of rotatable bonds is 10. The molecule has 0 aromatic carbocycles. The summed E-state index contributed by atoms with van der Waals surface area (Å²) >= 11 is 0. The molecular weight excluding hydrogens is 208 g/mol. The standard InChI is InChI=1S/C15H32N2/c16-13-9-4-2-1-3-5-10-14-17-15-11-7-6-8-12-15/h15,17H,1-14,16H2. The zero-order chi connectivity index (χ0) is 12.2. The molecule has 1 fully saturated rings. The highest BCUT2D eigenvalue weighted by Crippen LogP contribution is 2.17. The smallest absolute Gasteiger partial charge is 0.00670 e. The molecule has 2 nitrogen and oxygen atoms in total. The summed E-state index contributed by atoms with van der Waals surface area (Å²) in [4.78, 5) is 0. The minimum Gasteiger partial charge on any atom is -0.330 e. The largest absolute Gasteiger partial charge is 0.330 e. The number of nitrogens with one attached hydrogen (secondary N) is 1. The Balaban J connectivity index is 1.75. The highest BCUT2D eigenvalue weighted by molar-refractivity contribution is 4.71. The van der Waals surface area contributed by atoms with Crippen LogP contribution in [0.2, 0.25) is 0 Å². The lowest BCUT2D eigenvalue weighted by Crippen LogP contribution is -2.31. The van der Waals surface area contributed by atoms with E-state index in [1.54, 1.807) is 0 Å². The van der Waals surface area contributed by atoms with Gasteiger partial charge in [-0.25, -0.2) is 0 Å². The van der Waals surface area contributed by atoms with Gasteiger partial charge >= 0.3 is 0 Å². The van der Waals surface area contributed by atoms with Crippen molar-refractivity contribution in [1.82, 2.24) is 5.32 Å². The van der Waals surface area contributed by atoms with Crippen molar-refractivity contribution < 1.29 is 0 Å². The van der Waals surface area contributed by atoms with Gasteiger partial charge in [0.05, 0.1) is 0 Å². The van der Waals surface area contributed by atoms with Crippen molar-refractivity contribution in [2.45, 2.75) is 83.1 Å². The van der Waals surface area contributed by atoms with E-state index in [1.165, 1.54) is 83.6 Å². The Bertz CT molecular complexity index is 153. The van der Waals surface area contributed by atoms with Gasteiger partial charge in [-0.05, 0) is 38.8 Å². The minimum atomic E-state index is 0.841. The molecule has 3 N–H and O–H groups in total. The first-order valence-electron chi connectivity index (χ1n) is 7.87. The number of hydrogen-bond acceptors (Lipinski definition) is 2. The van der Waals surface area contributed by atoms with Crippen LogP contribution in [-0.4, -0.2) is 19.1 Å². The second kappa shape index (κ2) is 11.0. The number of nitrogens with two attached hydrogens (primary N) is 1. The van der Waals surface area contributed by atoms with Gasteiger partial charge in [0, 0.05) is 6.04 Å². The van der Waals surface area contributed by atoms with Gasteiger partial charge in [0.25, 0.3) is 0 Å². The van der Waals surface area contributed by atoms with E-state index in [-0.39, 0.29) is 0 Å². The summed E-state index contributed by atoms with van der Waals surface area (Å²) in [5, 5.41) is 3.72. The monoisotopic (exact) mass is 240 g/mol. The van der Waals surface area contributed by atoms with Crippen LogP contribution < -0.4 is 11.1 Å². The molecule has 0 atom stereocenters. The molecule has 0 aromatic heterocycles. The average Bonchev–Trinajstić information content (AvgIpc) is 2.38. The quantitative estimate of drug-likeness (QED) is 0.573. The van der Waals surface area contributed by atoms with Gasteiger partial charge in [0.15, 0.2) is 0 Å². The van der Waals surface area contributed by atoms with E-state index < -0.39 is 0 Å². The maximum atomic E-state index is 5.47. The molecule has 102 valence electrons. The van der Waals surface area contributed by atoms with Gasteiger partial charge < -0.3 is 11.1 Å². The first-order valence-corrected chi connectivity index (χ1v) is 7.87. The summed E-state index contributed by atoms with van der Waals surface area (Å²) in [5.74, 6) is 0. The van der Waals surface area contributed by atoms with E-state index in [9.17, 15) is 0 Å². The van der Waals surface area contributed by atoms with Gasteiger partial charge in [0.1, 0.15) is 0 Å². The molecule has 0 amide bonds. The summed E-state index contributed by atoms with van der Waals surface area (Å²) in [6, 6.07) is 0.841. The molecule has 0 aliphatic heterocycles. The van der Waals surface area contributed by atoms with Gasteiger partial charge in [-0.15, -0.1) is 0 Å². The molecule has 0 unspecified atom stereocenters. The van der Waals surface area contributed by atoms with Crippen LogP contribution in [0, 0.1) is 0 Å². The third-order valence-electron chi connectivity index (χ3n) is 3.92. The van der Waals surface area contributed by atoms with Crippen LogP contribution in [0.15, 0.2) is 0 Å². The van der Waals surface area contributed by atoms with Crippen LogP contribution >= 0.6 is 0 Å². The third-order valence-corrected chi connectivity index (χ3v) is 3.92. The summed E-state index contributed by atoms with van der Waals surface area (Å²) < 4.78 is 0. The van der Waals surface area contributed by atoms with Crippen molar-refractivity contribution in [1.29, 1.82) is 0 Å². The SMILES string of the molecule is NCCCCCCCCCNC1CCCCC1. The third kappa shape index (κ3) is 8.62. The molecule has 0 bridgehead atoms. The van der Waals surface area contributed by atoms with Crippen molar-refractivity contribution in [3.8, 4) is 0 Å². The molecule has 0 spiro atoms. The lowest BCUT2D eigenvalue weighted by atomic mass is 9.95. The predicted molar refractivity (Wildman–Crippen MR) is 76.2 cm³/mol. The number of unbranched alkanes of at least 4 members (excludes halogenated alkanes) is 6. The van der Waals surface area contributed by atoms with Gasteiger partial charge in [-0.3, -0.25) is 0 Å². The van der Waals surface area contributed by atoms with E-state index in [4.69, 9.17) is 5.73 Å². The summed E-state index contributed by atoms with van der Waals surface area (Å²) in [7, 11) is 0. The minimum absolute atomic E-state index is 0.841. The molecule has 1 saturated carbocycles. The second-order valence-electron chi connectivity index (χ2n) is 5.55. The molecule has 0 heterocycles. The Morgan fingerprint density at radius 1 is 0.765 bits per heavy atom. The molecule has 1 aliphatic rings. The van der Waals surface area contributed by atoms with Crippen molar-refractivity contribution in [2.24, 2.45) is 5.73 Å². The second-order valence-corrected chi connectivity index (χ2v) is 5.55. The first kappa shape index (κ1) is 15.0. The normalized spacial score (nSPS) is 17.5. The fraction of sp³-hybridized carbons (Fsp3) is 1.00. The van der Waals surface area contributed by atoms with Crippen molar-refractivity contribution in [2.75, 3.05) is 13.1 Å². The van der Waals surface area contributed by atoms with Gasteiger partial charge in [-0.2, -0.15) is 0 Å². The topological polar surface area (TPSA) is 38.0 Å². The van der Waals surface area contributed by atoms with E-state index >= 15 is 0 Å². The lowest BCUT2D eigenvalue weighted by molar-refractivity contribution is 0.369. The van der Waals surface area contributed by atoms with Gasteiger partial charge in [-0.1, -0.05) is 51.4 Å². The molecule has 1 rings (SSSR count).